The second kappa shape index (κ2) is 9.35. The average Bonchev–Trinajstić information content (AvgIpc) is 3.16. The molecule has 1 atom stereocenters. The predicted octanol–water partition coefficient (Wildman–Crippen LogP) is 4.01. The molecule has 0 saturated carbocycles. The Morgan fingerprint density at radius 2 is 1.71 bits per heavy atom. The number of carbonyl (C=O) groups excluding carboxylic acids is 2. The normalized spacial score (nSPS) is 12.3. The van der Waals surface area contributed by atoms with Crippen LogP contribution in [0.2, 0.25) is 5.02 Å². The molecular weight excluding hydrogens is 412 g/mol. The third-order valence-electron chi connectivity index (χ3n) is 5.05. The molecule has 162 valence electrons. The van der Waals surface area contributed by atoms with Gasteiger partial charge >= 0.3 is 0 Å². The molecule has 0 aliphatic heterocycles. The van der Waals surface area contributed by atoms with Crippen LogP contribution in [0.15, 0.2) is 60.9 Å². The molecule has 0 aliphatic rings. The van der Waals surface area contributed by atoms with Crippen LogP contribution in [-0.4, -0.2) is 27.9 Å². The Bertz CT molecular complexity index is 1050. The van der Waals surface area contributed by atoms with Crippen LogP contribution in [0.4, 0.5) is 0 Å². The lowest BCUT2D eigenvalue weighted by molar-refractivity contribution is -0.120. The van der Waals surface area contributed by atoms with Crippen LogP contribution in [0.5, 0.6) is 0 Å². The van der Waals surface area contributed by atoms with Crippen LogP contribution < -0.4 is 10.6 Å². The van der Waals surface area contributed by atoms with Crippen LogP contribution in [0, 0.1) is 0 Å². The molecule has 2 aromatic carbocycles. The van der Waals surface area contributed by atoms with Crippen LogP contribution in [0.1, 0.15) is 54.1 Å². The molecule has 1 aromatic heterocycles. The number of halogens is 1. The Morgan fingerprint density at radius 3 is 2.26 bits per heavy atom. The number of aryl methyl sites for hydroxylation is 1. The fraction of sp³-hybridized carbons (Fsp3) is 0.292. The maximum atomic E-state index is 12.6. The van der Waals surface area contributed by atoms with E-state index in [1.54, 1.807) is 30.5 Å². The summed E-state index contributed by atoms with van der Waals surface area (Å²) in [5.74, 6) is 0.0676. The third-order valence-corrected chi connectivity index (χ3v) is 5.30. The van der Waals surface area contributed by atoms with Gasteiger partial charge < -0.3 is 15.2 Å². The van der Waals surface area contributed by atoms with Crippen molar-refractivity contribution in [2.24, 2.45) is 7.05 Å². The van der Waals surface area contributed by atoms with Gasteiger partial charge in [0.1, 0.15) is 11.9 Å². The van der Waals surface area contributed by atoms with Gasteiger partial charge in [-0.2, -0.15) is 0 Å². The Morgan fingerprint density at radius 1 is 1.06 bits per heavy atom. The molecule has 0 saturated heterocycles. The lowest BCUT2D eigenvalue weighted by Gasteiger charge is -2.20. The summed E-state index contributed by atoms with van der Waals surface area (Å²) in [5, 5.41) is 6.24. The first-order valence-corrected chi connectivity index (χ1v) is 10.4. The molecule has 0 spiro atoms. The van der Waals surface area contributed by atoms with Gasteiger partial charge in [-0.1, -0.05) is 56.6 Å². The first-order valence-electron chi connectivity index (χ1n) is 10.1. The predicted molar refractivity (Wildman–Crippen MR) is 122 cm³/mol. The lowest BCUT2D eigenvalue weighted by atomic mass is 9.87. The topological polar surface area (TPSA) is 76.0 Å². The summed E-state index contributed by atoms with van der Waals surface area (Å²) in [4.78, 5) is 29.5. The summed E-state index contributed by atoms with van der Waals surface area (Å²) in [5.41, 5.74) is 2.51. The minimum Gasteiger partial charge on any atom is -0.343 e. The van der Waals surface area contributed by atoms with Crippen molar-refractivity contribution in [2.75, 3.05) is 6.54 Å². The van der Waals surface area contributed by atoms with Crippen molar-refractivity contribution in [3.8, 4) is 0 Å². The van der Waals surface area contributed by atoms with Gasteiger partial charge in [-0.3, -0.25) is 9.59 Å². The van der Waals surface area contributed by atoms with Crippen molar-refractivity contribution < 1.29 is 9.59 Å². The van der Waals surface area contributed by atoms with Gasteiger partial charge in [-0.15, -0.1) is 0 Å². The highest BCUT2D eigenvalue weighted by Crippen LogP contribution is 2.23. The number of benzene rings is 2. The number of nitrogens with zero attached hydrogens (tertiary/aromatic N) is 2. The van der Waals surface area contributed by atoms with Gasteiger partial charge in [0, 0.05) is 30.0 Å². The maximum Gasteiger partial charge on any atom is 0.251 e. The summed E-state index contributed by atoms with van der Waals surface area (Å²) in [6.07, 6.45) is 3.49. The van der Waals surface area contributed by atoms with Crippen LogP contribution >= 0.6 is 11.6 Å². The van der Waals surface area contributed by atoms with E-state index in [-0.39, 0.29) is 23.8 Å². The highest BCUT2D eigenvalue weighted by Gasteiger charge is 2.21. The summed E-state index contributed by atoms with van der Waals surface area (Å²) in [6, 6.07) is 14.2. The molecular formula is C24H27ClN4O2. The molecule has 7 heteroatoms. The fourth-order valence-corrected chi connectivity index (χ4v) is 3.33. The molecule has 0 fully saturated rings. The zero-order chi connectivity index (χ0) is 22.6. The Balaban J connectivity index is 1.66. The molecule has 3 aromatic rings. The number of amides is 2. The van der Waals surface area contributed by atoms with Gasteiger partial charge in [0.05, 0.1) is 6.54 Å². The summed E-state index contributed by atoms with van der Waals surface area (Å²) in [6.45, 7) is 6.20. The summed E-state index contributed by atoms with van der Waals surface area (Å²) >= 11 is 6.00. The Hall–Kier alpha value is -3.12. The number of imidazole rings is 1. The molecule has 2 N–H and O–H groups in total. The number of nitrogens with one attached hydrogen (secondary N) is 2. The van der Waals surface area contributed by atoms with Crippen LogP contribution in [-0.2, 0) is 17.3 Å². The van der Waals surface area contributed by atoms with Gasteiger partial charge in [0.25, 0.3) is 5.91 Å². The van der Waals surface area contributed by atoms with E-state index in [0.717, 1.165) is 11.1 Å². The first kappa shape index (κ1) is 22.6. The SMILES string of the molecule is Cn1ccnc1[C@@H](NC(=O)CNC(=O)c1ccc(C(C)(C)C)cc1)c1ccc(Cl)cc1. The molecule has 0 radical (unpaired) electrons. The second-order valence-corrected chi connectivity index (χ2v) is 8.89. The molecule has 0 unspecified atom stereocenters. The van der Waals surface area contributed by atoms with Gasteiger partial charge in [0.15, 0.2) is 0 Å². The molecule has 3 rings (SSSR count). The smallest absolute Gasteiger partial charge is 0.251 e. The van der Waals surface area contributed by atoms with Crippen LogP contribution in [0.3, 0.4) is 0 Å². The van der Waals surface area contributed by atoms with Gasteiger partial charge in [-0.25, -0.2) is 4.98 Å². The standard InChI is InChI=1S/C24H27ClN4O2/c1-24(2,3)18-9-5-17(6-10-18)23(31)27-15-20(30)28-21(22-26-13-14-29(22)4)16-7-11-19(25)12-8-16/h5-14,21H,15H2,1-4H3,(H,27,31)(H,28,30)/t21-/m0/s1. The minimum atomic E-state index is -0.465. The van der Waals surface area contributed by atoms with E-state index in [0.29, 0.717) is 16.4 Å². The monoisotopic (exact) mass is 438 g/mol. The summed E-state index contributed by atoms with van der Waals surface area (Å²) < 4.78 is 1.84. The number of hydrogen-bond acceptors (Lipinski definition) is 3. The molecule has 31 heavy (non-hydrogen) atoms. The van der Waals surface area contributed by atoms with E-state index >= 15 is 0 Å². The van der Waals surface area contributed by atoms with E-state index < -0.39 is 6.04 Å². The Kier molecular flexibility index (Phi) is 6.81. The minimum absolute atomic E-state index is 0.0105. The second-order valence-electron chi connectivity index (χ2n) is 8.46. The fourth-order valence-electron chi connectivity index (χ4n) is 3.20. The quantitative estimate of drug-likeness (QED) is 0.610. The van der Waals surface area contributed by atoms with Crippen molar-refractivity contribution in [3.05, 3.63) is 88.5 Å². The number of aromatic nitrogens is 2. The highest BCUT2D eigenvalue weighted by atomic mass is 35.5. The number of carbonyl (C=O) groups is 2. The zero-order valence-corrected chi connectivity index (χ0v) is 18.9. The highest BCUT2D eigenvalue weighted by molar-refractivity contribution is 6.30. The maximum absolute atomic E-state index is 12.6. The zero-order valence-electron chi connectivity index (χ0n) is 18.1. The van der Waals surface area contributed by atoms with Crippen molar-refractivity contribution >= 4 is 23.4 Å². The van der Waals surface area contributed by atoms with Gasteiger partial charge in [-0.05, 0) is 40.8 Å². The van der Waals surface area contributed by atoms with Crippen molar-refractivity contribution in [2.45, 2.75) is 32.2 Å². The molecule has 0 bridgehead atoms. The molecule has 0 aliphatic carbocycles. The lowest BCUT2D eigenvalue weighted by Crippen LogP contribution is -2.39. The van der Waals surface area contributed by atoms with E-state index in [2.05, 4.69) is 36.4 Å². The molecule has 2 amide bonds. The van der Waals surface area contributed by atoms with Crippen molar-refractivity contribution in [1.29, 1.82) is 0 Å². The average molecular weight is 439 g/mol. The van der Waals surface area contributed by atoms with Gasteiger partial charge in [0.2, 0.25) is 5.91 Å². The third kappa shape index (κ3) is 5.73. The van der Waals surface area contributed by atoms with E-state index in [9.17, 15) is 9.59 Å². The Labute approximate surface area is 187 Å². The van der Waals surface area contributed by atoms with Crippen molar-refractivity contribution in [1.82, 2.24) is 20.2 Å². The van der Waals surface area contributed by atoms with Crippen LogP contribution in [0.25, 0.3) is 0 Å². The van der Waals surface area contributed by atoms with E-state index in [1.807, 2.05) is 42.1 Å². The van der Waals surface area contributed by atoms with Crippen molar-refractivity contribution in [3.63, 3.8) is 0 Å². The number of hydrogen-bond donors (Lipinski definition) is 2. The largest absolute Gasteiger partial charge is 0.343 e. The van der Waals surface area contributed by atoms with E-state index in [1.165, 1.54) is 0 Å². The number of rotatable bonds is 6. The molecule has 6 nitrogen and oxygen atoms in total. The molecule has 1 heterocycles. The van der Waals surface area contributed by atoms with E-state index in [4.69, 9.17) is 11.6 Å². The summed E-state index contributed by atoms with van der Waals surface area (Å²) in [7, 11) is 1.86. The first-order chi connectivity index (χ1) is 14.6.